The lowest BCUT2D eigenvalue weighted by molar-refractivity contribution is -0.368. The summed E-state index contributed by atoms with van der Waals surface area (Å²) in [4.78, 5) is 10.9. The molecule has 0 fully saturated rings. The molecule has 0 atom stereocenters. The van der Waals surface area contributed by atoms with Crippen LogP contribution in [0.4, 0.5) is 35.1 Å². The number of hydrogen-bond donors (Lipinski definition) is 0. The first kappa shape index (κ1) is 34.7. The lowest BCUT2D eigenvalue weighted by Crippen LogP contribution is -2.62. The summed E-state index contributed by atoms with van der Waals surface area (Å²) in [5.74, 6) is -24.6. The third kappa shape index (κ3) is 7.47. The highest BCUT2D eigenvalue weighted by Crippen LogP contribution is 2.54. The summed E-state index contributed by atoms with van der Waals surface area (Å²) < 4.78 is 134. The summed E-state index contributed by atoms with van der Waals surface area (Å²) in [6, 6.07) is 11.5. The summed E-state index contributed by atoms with van der Waals surface area (Å²) in [6.45, 7) is 2.41. The molecule has 3 aromatic rings. The Hall–Kier alpha value is -3.77. The average Bonchev–Trinajstić information content (AvgIpc) is 3.40. The van der Waals surface area contributed by atoms with E-state index in [0.717, 1.165) is 31.2 Å². The lowest BCUT2D eigenvalue weighted by Gasteiger charge is -2.36. The Labute approximate surface area is 248 Å². The molecule has 0 unspecified atom stereocenters. The van der Waals surface area contributed by atoms with Crippen LogP contribution in [-0.4, -0.2) is 50.0 Å². The van der Waals surface area contributed by atoms with Crippen molar-refractivity contribution >= 4 is 16.9 Å². The monoisotopic (exact) mass is 636 g/mol. The third-order valence-corrected chi connectivity index (χ3v) is 6.92. The number of halogens is 8. The van der Waals surface area contributed by atoms with Crippen molar-refractivity contribution in [3.05, 3.63) is 60.7 Å². The summed E-state index contributed by atoms with van der Waals surface area (Å²) in [5.41, 5.74) is 1.97. The number of ether oxygens (including phenoxy) is 3. The molecule has 5 nitrogen and oxygen atoms in total. The lowest BCUT2D eigenvalue weighted by atomic mass is 9.95. The molecule has 2 aromatic carbocycles. The van der Waals surface area contributed by atoms with E-state index in [1.807, 2.05) is 18.2 Å². The Bertz CT molecular complexity index is 1430. The quantitative estimate of drug-likeness (QED) is 0.0640. The number of carbonyl (C=O) groups excluding carboxylic acids is 1. The summed E-state index contributed by atoms with van der Waals surface area (Å²) in [6.07, 6.45) is 0.469. The first-order valence-corrected chi connectivity index (χ1v) is 13.7. The number of unbranched alkanes of at least 4 members (excludes halogenated alkanes) is 2. The largest absolute Gasteiger partial charge is 0.496 e. The molecule has 1 heterocycles. The number of aryl methyl sites for hydroxylation is 1. The van der Waals surface area contributed by atoms with Gasteiger partial charge in [-0.15, -0.1) is 0 Å². The number of furan rings is 1. The topological polar surface area (TPSA) is 57.9 Å². The van der Waals surface area contributed by atoms with E-state index in [0.29, 0.717) is 28.5 Å². The van der Waals surface area contributed by atoms with E-state index < -0.39 is 55.7 Å². The molecule has 0 radical (unpaired) electrons. The van der Waals surface area contributed by atoms with Crippen LogP contribution < -0.4 is 9.47 Å². The van der Waals surface area contributed by atoms with Gasteiger partial charge in [-0.3, -0.25) is 0 Å². The van der Waals surface area contributed by atoms with Crippen LogP contribution in [0.5, 0.6) is 11.5 Å². The molecule has 0 saturated heterocycles. The number of rotatable bonds is 17. The zero-order valence-electron chi connectivity index (χ0n) is 24.0. The number of benzene rings is 2. The maximum atomic E-state index is 14.3. The number of methoxy groups -OCH3 is 1. The second-order valence-electron chi connectivity index (χ2n) is 10.1. The van der Waals surface area contributed by atoms with Crippen molar-refractivity contribution < 1.29 is 58.5 Å². The highest BCUT2D eigenvalue weighted by atomic mass is 19.4. The van der Waals surface area contributed by atoms with Crippen molar-refractivity contribution in [3.63, 3.8) is 0 Å². The van der Waals surface area contributed by atoms with Crippen LogP contribution in [-0.2, 0) is 16.0 Å². The van der Waals surface area contributed by atoms with E-state index in [1.165, 1.54) is 25.3 Å². The van der Waals surface area contributed by atoms with E-state index in [4.69, 9.17) is 13.9 Å². The first-order valence-electron chi connectivity index (χ1n) is 13.7. The van der Waals surface area contributed by atoms with Crippen LogP contribution >= 0.6 is 0 Å². The minimum absolute atomic E-state index is 0.114. The van der Waals surface area contributed by atoms with Crippen molar-refractivity contribution in [2.45, 2.75) is 69.1 Å². The smallest absolute Gasteiger partial charge is 0.378 e. The molecule has 3 rings (SSSR count). The second kappa shape index (κ2) is 13.9. The SMILES string of the molecule is C=CC(=O)OCCC(F)(F)C(F)(F)C(F)(F)C(F)(F)CCOc1ccc2cc(-c3ccc(CCCCC)cc3OC)oc2c1. The normalized spacial score (nSPS) is 12.8. The molecular formula is C31H32F8O5. The first-order chi connectivity index (χ1) is 20.6. The van der Waals surface area contributed by atoms with E-state index in [-0.39, 0.29) is 11.3 Å². The van der Waals surface area contributed by atoms with E-state index in [2.05, 4.69) is 18.2 Å². The Morgan fingerprint density at radius 1 is 0.886 bits per heavy atom. The van der Waals surface area contributed by atoms with Crippen molar-refractivity contribution in [1.29, 1.82) is 0 Å². The van der Waals surface area contributed by atoms with Gasteiger partial charge in [0.05, 0.1) is 38.7 Å². The molecule has 242 valence electrons. The van der Waals surface area contributed by atoms with Gasteiger partial charge in [-0.2, -0.15) is 35.1 Å². The fourth-order valence-corrected chi connectivity index (χ4v) is 4.32. The number of esters is 1. The standard InChI is InChI=1S/C31H32F8O5/c1-4-6-7-8-20-9-12-23(25(17-20)41-3)26-18-21-10-11-22(19-24(21)44-26)42-15-13-28(32,33)30(36,37)31(38,39)29(34,35)14-16-43-27(40)5-2/h5,9-12,17-19H,2,4,6-8,13-16H2,1,3H3. The van der Waals surface area contributed by atoms with Crippen LogP contribution in [0.3, 0.4) is 0 Å². The van der Waals surface area contributed by atoms with Crippen molar-refractivity contribution in [2.24, 2.45) is 0 Å². The maximum absolute atomic E-state index is 14.3. The Morgan fingerprint density at radius 2 is 1.55 bits per heavy atom. The molecule has 0 aliphatic carbocycles. The predicted octanol–water partition coefficient (Wildman–Crippen LogP) is 9.27. The molecule has 0 saturated carbocycles. The van der Waals surface area contributed by atoms with Crippen LogP contribution in [0.25, 0.3) is 22.3 Å². The van der Waals surface area contributed by atoms with E-state index >= 15 is 0 Å². The maximum Gasteiger partial charge on any atom is 0.378 e. The number of hydrogen-bond acceptors (Lipinski definition) is 5. The van der Waals surface area contributed by atoms with Crippen molar-refractivity contribution in [2.75, 3.05) is 20.3 Å². The molecule has 44 heavy (non-hydrogen) atoms. The van der Waals surface area contributed by atoms with Crippen LogP contribution in [0, 0.1) is 0 Å². The van der Waals surface area contributed by atoms with Crippen molar-refractivity contribution in [1.82, 2.24) is 0 Å². The minimum Gasteiger partial charge on any atom is -0.496 e. The van der Waals surface area contributed by atoms with Gasteiger partial charge in [0.2, 0.25) is 0 Å². The Kier molecular flexibility index (Phi) is 11.0. The van der Waals surface area contributed by atoms with Gasteiger partial charge in [0.1, 0.15) is 22.8 Å². The molecular weight excluding hydrogens is 604 g/mol. The van der Waals surface area contributed by atoms with Gasteiger partial charge < -0.3 is 18.6 Å². The fourth-order valence-electron chi connectivity index (χ4n) is 4.32. The van der Waals surface area contributed by atoms with Gasteiger partial charge in [-0.1, -0.05) is 32.4 Å². The molecule has 0 aliphatic heterocycles. The fraction of sp³-hybridized carbons (Fsp3) is 0.452. The molecule has 1 aromatic heterocycles. The second-order valence-corrected chi connectivity index (χ2v) is 10.1. The zero-order chi connectivity index (χ0) is 32.8. The highest BCUT2D eigenvalue weighted by Gasteiger charge is 2.79. The average molecular weight is 637 g/mol. The Balaban J connectivity index is 1.69. The van der Waals surface area contributed by atoms with E-state index in [9.17, 15) is 39.9 Å². The van der Waals surface area contributed by atoms with Gasteiger partial charge in [0, 0.05) is 17.5 Å². The van der Waals surface area contributed by atoms with Crippen LogP contribution in [0.15, 0.2) is 59.5 Å². The third-order valence-electron chi connectivity index (χ3n) is 6.92. The molecule has 0 amide bonds. The molecule has 0 bridgehead atoms. The van der Waals surface area contributed by atoms with E-state index in [1.54, 1.807) is 6.07 Å². The predicted molar refractivity (Wildman–Crippen MR) is 147 cm³/mol. The van der Waals surface area contributed by atoms with Gasteiger partial charge >= 0.3 is 29.7 Å². The molecule has 0 N–H and O–H groups in total. The van der Waals surface area contributed by atoms with Crippen molar-refractivity contribution in [3.8, 4) is 22.8 Å². The summed E-state index contributed by atoms with van der Waals surface area (Å²) in [7, 11) is 1.51. The number of carbonyl (C=O) groups is 1. The number of alkyl halides is 8. The molecule has 0 aliphatic rings. The summed E-state index contributed by atoms with van der Waals surface area (Å²) >= 11 is 0. The van der Waals surface area contributed by atoms with Crippen LogP contribution in [0.2, 0.25) is 0 Å². The minimum atomic E-state index is -6.48. The van der Waals surface area contributed by atoms with Crippen LogP contribution in [0.1, 0.15) is 44.6 Å². The molecule has 0 spiro atoms. The number of fused-ring (bicyclic) bond motifs is 1. The van der Waals surface area contributed by atoms with Gasteiger partial charge in [-0.25, -0.2) is 4.79 Å². The van der Waals surface area contributed by atoms with Gasteiger partial charge in [0.15, 0.2) is 0 Å². The zero-order valence-corrected chi connectivity index (χ0v) is 24.0. The summed E-state index contributed by atoms with van der Waals surface area (Å²) in [5, 5.41) is 0.582. The molecule has 13 heteroatoms. The highest BCUT2D eigenvalue weighted by molar-refractivity contribution is 5.85. The Morgan fingerprint density at radius 3 is 2.16 bits per heavy atom. The van der Waals surface area contributed by atoms with Gasteiger partial charge in [-0.05, 0) is 48.7 Å². The van der Waals surface area contributed by atoms with Gasteiger partial charge in [0.25, 0.3) is 0 Å².